The van der Waals surface area contributed by atoms with E-state index in [4.69, 9.17) is 0 Å². The Balaban J connectivity index is 0.00000484. The summed E-state index contributed by atoms with van der Waals surface area (Å²) in [5.74, 6) is 0.967. The molecule has 0 amide bonds. The molecule has 0 bridgehead atoms. The van der Waals surface area contributed by atoms with Crippen molar-refractivity contribution >= 4 is 41.3 Å². The number of rotatable bonds is 10. The Labute approximate surface area is 162 Å². The van der Waals surface area contributed by atoms with E-state index in [9.17, 15) is 0 Å². The fourth-order valence-corrected chi connectivity index (χ4v) is 3.01. The van der Waals surface area contributed by atoms with E-state index in [2.05, 4.69) is 46.1 Å². The minimum Gasteiger partial charge on any atom is -0.356 e. The fourth-order valence-electron chi connectivity index (χ4n) is 2.23. The van der Waals surface area contributed by atoms with Gasteiger partial charge in [-0.3, -0.25) is 4.99 Å². The Morgan fingerprint density at radius 1 is 1.43 bits per heavy atom. The van der Waals surface area contributed by atoms with E-state index >= 15 is 0 Å². The lowest BCUT2D eigenvalue weighted by Gasteiger charge is -2.21. The molecule has 0 atom stereocenters. The van der Waals surface area contributed by atoms with Gasteiger partial charge in [-0.25, -0.2) is 4.98 Å². The summed E-state index contributed by atoms with van der Waals surface area (Å²) in [6.45, 7) is 7.81. The van der Waals surface area contributed by atoms with Crippen molar-refractivity contribution < 1.29 is 0 Å². The van der Waals surface area contributed by atoms with E-state index in [1.165, 1.54) is 30.0 Å². The molecule has 4 nitrogen and oxygen atoms in total. The Morgan fingerprint density at radius 2 is 2.22 bits per heavy atom. The molecule has 23 heavy (non-hydrogen) atoms. The SMILES string of the molecule is C=CCCCCCN(C)C(=NC)NCCc1csc(CC)n1.I. The van der Waals surface area contributed by atoms with Crippen molar-refractivity contribution in [2.24, 2.45) is 4.99 Å². The zero-order chi connectivity index (χ0) is 16.2. The molecule has 1 aromatic rings. The Kier molecular flexibility index (Phi) is 13.4. The molecule has 0 saturated carbocycles. The van der Waals surface area contributed by atoms with Crippen molar-refractivity contribution in [2.75, 3.05) is 27.2 Å². The number of nitrogens with one attached hydrogen (secondary N) is 1. The van der Waals surface area contributed by atoms with Gasteiger partial charge in [0.1, 0.15) is 0 Å². The summed E-state index contributed by atoms with van der Waals surface area (Å²) >= 11 is 1.75. The lowest BCUT2D eigenvalue weighted by atomic mass is 10.2. The molecule has 0 radical (unpaired) electrons. The maximum atomic E-state index is 4.59. The summed E-state index contributed by atoms with van der Waals surface area (Å²) in [5, 5.41) is 6.80. The van der Waals surface area contributed by atoms with Crippen LogP contribution in [0.5, 0.6) is 0 Å². The van der Waals surface area contributed by atoms with Crippen LogP contribution in [0.4, 0.5) is 0 Å². The van der Waals surface area contributed by atoms with Crippen LogP contribution in [0, 0.1) is 0 Å². The molecule has 0 aromatic carbocycles. The number of aryl methyl sites for hydroxylation is 1. The second kappa shape index (κ2) is 13.8. The van der Waals surface area contributed by atoms with Gasteiger partial charge in [-0.05, 0) is 25.7 Å². The van der Waals surface area contributed by atoms with Crippen LogP contribution in [0.2, 0.25) is 0 Å². The van der Waals surface area contributed by atoms with Gasteiger partial charge in [-0.1, -0.05) is 19.4 Å². The average molecular weight is 450 g/mol. The van der Waals surface area contributed by atoms with Crippen LogP contribution in [-0.4, -0.2) is 43.0 Å². The predicted octanol–water partition coefficient (Wildman–Crippen LogP) is 4.12. The number of hydrogen-bond acceptors (Lipinski definition) is 3. The summed E-state index contributed by atoms with van der Waals surface area (Å²) in [5.41, 5.74) is 1.18. The van der Waals surface area contributed by atoms with E-state index in [0.29, 0.717) is 0 Å². The largest absolute Gasteiger partial charge is 0.356 e. The number of allylic oxidation sites excluding steroid dienone is 1. The molecule has 0 spiro atoms. The molecule has 1 N–H and O–H groups in total. The molecule has 1 rings (SSSR count). The monoisotopic (exact) mass is 450 g/mol. The van der Waals surface area contributed by atoms with E-state index in [0.717, 1.165) is 38.3 Å². The highest BCUT2D eigenvalue weighted by Gasteiger charge is 2.06. The molecular formula is C17H31IN4S. The van der Waals surface area contributed by atoms with Crippen molar-refractivity contribution in [3.8, 4) is 0 Å². The summed E-state index contributed by atoms with van der Waals surface area (Å²) in [4.78, 5) is 11.1. The number of aliphatic imine (C=N–C) groups is 1. The first-order valence-electron chi connectivity index (χ1n) is 8.17. The van der Waals surface area contributed by atoms with Crippen molar-refractivity contribution in [2.45, 2.75) is 45.4 Å². The molecule has 132 valence electrons. The first kappa shape index (κ1) is 22.4. The quantitative estimate of drug-likeness (QED) is 0.192. The van der Waals surface area contributed by atoms with E-state index in [-0.39, 0.29) is 24.0 Å². The molecule has 0 aliphatic rings. The highest BCUT2D eigenvalue weighted by molar-refractivity contribution is 14.0. The summed E-state index contributed by atoms with van der Waals surface area (Å²) in [6, 6.07) is 0. The molecular weight excluding hydrogens is 419 g/mol. The van der Waals surface area contributed by atoms with Crippen molar-refractivity contribution in [3.05, 3.63) is 28.7 Å². The number of hydrogen-bond donors (Lipinski definition) is 1. The first-order chi connectivity index (χ1) is 10.7. The lowest BCUT2D eigenvalue weighted by Crippen LogP contribution is -2.40. The van der Waals surface area contributed by atoms with Gasteiger partial charge in [0, 0.05) is 39.0 Å². The molecule has 0 aliphatic heterocycles. The number of guanidine groups is 1. The average Bonchev–Trinajstić information content (AvgIpc) is 2.99. The Morgan fingerprint density at radius 3 is 2.83 bits per heavy atom. The highest BCUT2D eigenvalue weighted by Crippen LogP contribution is 2.10. The number of unbranched alkanes of at least 4 members (excludes halogenated alkanes) is 3. The summed E-state index contributed by atoms with van der Waals surface area (Å²) in [7, 11) is 3.94. The number of thiazole rings is 1. The maximum Gasteiger partial charge on any atom is 0.193 e. The van der Waals surface area contributed by atoms with E-state index in [1.54, 1.807) is 11.3 Å². The second-order valence-electron chi connectivity index (χ2n) is 5.37. The van der Waals surface area contributed by atoms with Gasteiger partial charge in [0.15, 0.2) is 5.96 Å². The van der Waals surface area contributed by atoms with Crippen LogP contribution < -0.4 is 5.32 Å². The number of aromatic nitrogens is 1. The molecule has 6 heteroatoms. The van der Waals surface area contributed by atoms with Gasteiger partial charge in [0.05, 0.1) is 10.7 Å². The minimum absolute atomic E-state index is 0. The van der Waals surface area contributed by atoms with Crippen LogP contribution >= 0.6 is 35.3 Å². The Hall–Kier alpha value is -0.630. The summed E-state index contributed by atoms with van der Waals surface area (Å²) in [6.07, 6.45) is 8.74. The van der Waals surface area contributed by atoms with Gasteiger partial charge >= 0.3 is 0 Å². The number of halogens is 1. The highest BCUT2D eigenvalue weighted by atomic mass is 127. The van der Waals surface area contributed by atoms with Crippen molar-refractivity contribution in [3.63, 3.8) is 0 Å². The van der Waals surface area contributed by atoms with Crippen molar-refractivity contribution in [1.82, 2.24) is 15.2 Å². The topological polar surface area (TPSA) is 40.5 Å². The van der Waals surface area contributed by atoms with Crippen LogP contribution in [0.25, 0.3) is 0 Å². The van der Waals surface area contributed by atoms with Gasteiger partial charge in [0.2, 0.25) is 0 Å². The molecule has 0 saturated heterocycles. The first-order valence-corrected chi connectivity index (χ1v) is 9.05. The van der Waals surface area contributed by atoms with Gasteiger partial charge < -0.3 is 10.2 Å². The fraction of sp³-hybridized carbons (Fsp3) is 0.647. The van der Waals surface area contributed by atoms with Gasteiger partial charge in [0.25, 0.3) is 0 Å². The van der Waals surface area contributed by atoms with E-state index in [1.807, 2.05) is 13.1 Å². The van der Waals surface area contributed by atoms with Crippen LogP contribution in [0.1, 0.15) is 43.3 Å². The number of nitrogens with zero attached hydrogens (tertiary/aromatic N) is 3. The molecule has 0 aliphatic carbocycles. The third-order valence-electron chi connectivity index (χ3n) is 3.54. The third-order valence-corrected chi connectivity index (χ3v) is 4.58. The Bertz CT molecular complexity index is 459. The second-order valence-corrected chi connectivity index (χ2v) is 6.31. The minimum atomic E-state index is 0. The normalized spacial score (nSPS) is 11.0. The van der Waals surface area contributed by atoms with Crippen LogP contribution in [0.15, 0.2) is 23.0 Å². The van der Waals surface area contributed by atoms with Crippen molar-refractivity contribution in [1.29, 1.82) is 0 Å². The maximum absolute atomic E-state index is 4.59. The van der Waals surface area contributed by atoms with Crippen LogP contribution in [0.3, 0.4) is 0 Å². The van der Waals surface area contributed by atoms with Crippen LogP contribution in [-0.2, 0) is 12.8 Å². The zero-order valence-electron chi connectivity index (χ0n) is 14.7. The smallest absolute Gasteiger partial charge is 0.193 e. The van der Waals surface area contributed by atoms with Gasteiger partial charge in [-0.15, -0.1) is 41.9 Å². The lowest BCUT2D eigenvalue weighted by molar-refractivity contribution is 0.455. The molecule has 1 aromatic heterocycles. The predicted molar refractivity (Wildman–Crippen MR) is 113 cm³/mol. The van der Waals surface area contributed by atoms with Gasteiger partial charge in [-0.2, -0.15) is 0 Å². The molecule has 0 fully saturated rings. The van der Waals surface area contributed by atoms with E-state index < -0.39 is 0 Å². The third kappa shape index (κ3) is 9.30. The summed E-state index contributed by atoms with van der Waals surface area (Å²) < 4.78 is 0. The molecule has 0 unspecified atom stereocenters. The zero-order valence-corrected chi connectivity index (χ0v) is 17.8. The molecule has 1 heterocycles. The standard InChI is InChI=1S/C17H30N4S.HI/c1-5-7-8-9-10-13-21(4)17(18-3)19-12-11-15-14-22-16(6-2)20-15;/h5,14H,1,6-13H2,2-4H3,(H,18,19);1H.